The van der Waals surface area contributed by atoms with Gasteiger partial charge in [0.15, 0.2) is 0 Å². The number of carbonyl (C=O) groups is 1. The van der Waals surface area contributed by atoms with E-state index >= 15 is 0 Å². The van der Waals surface area contributed by atoms with Gasteiger partial charge in [-0.15, -0.1) is 0 Å². The molecular weight excluding hydrogens is 238 g/mol. The summed E-state index contributed by atoms with van der Waals surface area (Å²) in [5.74, 6) is 1.11. The molecule has 4 heteroatoms. The van der Waals surface area contributed by atoms with E-state index in [4.69, 9.17) is 11.5 Å². The molecular formula is C15H29N3O. The molecule has 1 saturated carbocycles. The Balaban J connectivity index is 2.10. The first kappa shape index (κ1) is 14.8. The normalized spacial score (nSPS) is 45.1. The number of nitrogens with zero attached hydrogens (tertiary/aromatic N) is 1. The van der Waals surface area contributed by atoms with Gasteiger partial charge in [-0.1, -0.05) is 13.8 Å². The number of hydrogen-bond acceptors (Lipinski definition) is 3. The lowest BCUT2D eigenvalue weighted by Crippen LogP contribution is -2.60. The molecule has 0 aromatic rings. The second-order valence-electron chi connectivity index (χ2n) is 7.03. The maximum Gasteiger partial charge on any atom is 0.237 e. The predicted molar refractivity (Wildman–Crippen MR) is 77.5 cm³/mol. The van der Waals surface area contributed by atoms with Gasteiger partial charge in [-0.05, 0) is 50.9 Å². The van der Waals surface area contributed by atoms with Crippen molar-refractivity contribution in [3.05, 3.63) is 0 Å². The monoisotopic (exact) mass is 267 g/mol. The van der Waals surface area contributed by atoms with Crippen molar-refractivity contribution >= 4 is 5.91 Å². The van der Waals surface area contributed by atoms with Crippen molar-refractivity contribution in [2.24, 2.45) is 23.3 Å². The lowest BCUT2D eigenvalue weighted by Gasteiger charge is -2.49. The topological polar surface area (TPSA) is 72.3 Å². The lowest BCUT2D eigenvalue weighted by molar-refractivity contribution is -0.125. The summed E-state index contributed by atoms with van der Waals surface area (Å²) >= 11 is 0. The summed E-state index contributed by atoms with van der Waals surface area (Å²) in [6.07, 6.45) is 4.93. The molecule has 4 nitrogen and oxygen atoms in total. The molecule has 0 bridgehead atoms. The van der Waals surface area contributed by atoms with Crippen molar-refractivity contribution in [3.63, 3.8) is 0 Å². The van der Waals surface area contributed by atoms with Crippen LogP contribution < -0.4 is 11.5 Å². The Morgan fingerprint density at radius 3 is 2.63 bits per heavy atom. The van der Waals surface area contributed by atoms with E-state index in [9.17, 15) is 4.79 Å². The molecule has 2 aliphatic rings. The minimum atomic E-state index is -0.785. The van der Waals surface area contributed by atoms with Crippen molar-refractivity contribution in [2.75, 3.05) is 6.54 Å². The lowest BCUT2D eigenvalue weighted by atomic mass is 9.76. The highest BCUT2D eigenvalue weighted by atomic mass is 16.1. The SMILES string of the molecule is CC1CC(C)C(C)N(C2CCCC(N)(C(N)=O)C2)C1. The van der Waals surface area contributed by atoms with Crippen molar-refractivity contribution in [3.8, 4) is 0 Å². The molecule has 1 amide bonds. The zero-order chi connectivity index (χ0) is 14.2. The summed E-state index contributed by atoms with van der Waals surface area (Å²) in [5.41, 5.74) is 10.9. The highest BCUT2D eigenvalue weighted by Gasteiger charge is 2.42. The first-order valence-corrected chi connectivity index (χ1v) is 7.68. The van der Waals surface area contributed by atoms with Gasteiger partial charge in [-0.2, -0.15) is 0 Å². The van der Waals surface area contributed by atoms with Gasteiger partial charge < -0.3 is 11.5 Å². The smallest absolute Gasteiger partial charge is 0.237 e. The zero-order valence-corrected chi connectivity index (χ0v) is 12.6. The highest BCUT2D eigenvalue weighted by Crippen LogP contribution is 2.35. The van der Waals surface area contributed by atoms with Crippen LogP contribution in [0.15, 0.2) is 0 Å². The zero-order valence-electron chi connectivity index (χ0n) is 12.6. The van der Waals surface area contributed by atoms with Crippen molar-refractivity contribution in [1.82, 2.24) is 4.90 Å². The summed E-state index contributed by atoms with van der Waals surface area (Å²) in [6.45, 7) is 8.10. The van der Waals surface area contributed by atoms with Gasteiger partial charge in [0, 0.05) is 18.6 Å². The molecule has 5 unspecified atom stereocenters. The van der Waals surface area contributed by atoms with Gasteiger partial charge in [0.25, 0.3) is 0 Å². The molecule has 0 aromatic heterocycles. The number of rotatable bonds is 2. The first-order chi connectivity index (χ1) is 8.83. The Labute approximate surface area is 116 Å². The molecule has 5 atom stereocenters. The second-order valence-corrected chi connectivity index (χ2v) is 7.03. The van der Waals surface area contributed by atoms with Crippen LogP contribution in [0, 0.1) is 11.8 Å². The van der Waals surface area contributed by atoms with Crippen molar-refractivity contribution in [1.29, 1.82) is 0 Å². The molecule has 2 rings (SSSR count). The van der Waals surface area contributed by atoms with Crippen LogP contribution in [0.1, 0.15) is 52.9 Å². The molecule has 0 aromatic carbocycles. The number of primary amides is 1. The van der Waals surface area contributed by atoms with Crippen LogP contribution in [0.2, 0.25) is 0 Å². The highest BCUT2D eigenvalue weighted by molar-refractivity contribution is 5.84. The summed E-state index contributed by atoms with van der Waals surface area (Å²) in [7, 11) is 0. The van der Waals surface area contributed by atoms with Crippen LogP contribution in [-0.2, 0) is 4.79 Å². The number of likely N-dealkylation sites (tertiary alicyclic amines) is 1. The van der Waals surface area contributed by atoms with E-state index in [1.807, 2.05) is 0 Å². The number of amides is 1. The van der Waals surface area contributed by atoms with E-state index in [1.54, 1.807) is 0 Å². The van der Waals surface area contributed by atoms with E-state index in [1.165, 1.54) is 6.42 Å². The molecule has 4 N–H and O–H groups in total. The largest absolute Gasteiger partial charge is 0.368 e. The number of hydrogen-bond donors (Lipinski definition) is 2. The fraction of sp³-hybridized carbons (Fsp3) is 0.933. The van der Waals surface area contributed by atoms with Gasteiger partial charge in [0.05, 0.1) is 5.54 Å². The molecule has 2 fully saturated rings. The van der Waals surface area contributed by atoms with E-state index in [0.29, 0.717) is 18.0 Å². The maximum atomic E-state index is 11.6. The average molecular weight is 267 g/mol. The van der Waals surface area contributed by atoms with Gasteiger partial charge in [0.1, 0.15) is 0 Å². The molecule has 110 valence electrons. The van der Waals surface area contributed by atoms with Crippen LogP contribution in [0.5, 0.6) is 0 Å². The molecule has 1 heterocycles. The van der Waals surface area contributed by atoms with Gasteiger partial charge in [-0.25, -0.2) is 0 Å². The molecule has 1 saturated heterocycles. The third kappa shape index (κ3) is 2.95. The van der Waals surface area contributed by atoms with Crippen LogP contribution in [-0.4, -0.2) is 35.0 Å². The Hall–Kier alpha value is -0.610. The van der Waals surface area contributed by atoms with Crippen molar-refractivity contribution < 1.29 is 4.79 Å². The second kappa shape index (κ2) is 5.41. The van der Waals surface area contributed by atoms with Gasteiger partial charge in [0.2, 0.25) is 5.91 Å². The summed E-state index contributed by atoms with van der Waals surface area (Å²) in [6, 6.07) is 1.00. The molecule has 1 aliphatic carbocycles. The summed E-state index contributed by atoms with van der Waals surface area (Å²) in [4.78, 5) is 14.2. The van der Waals surface area contributed by atoms with E-state index in [0.717, 1.165) is 38.1 Å². The third-order valence-corrected chi connectivity index (χ3v) is 5.36. The fourth-order valence-electron chi connectivity index (χ4n) is 4.03. The summed E-state index contributed by atoms with van der Waals surface area (Å²) < 4.78 is 0. The number of piperidine rings is 1. The summed E-state index contributed by atoms with van der Waals surface area (Å²) in [5, 5.41) is 0. The van der Waals surface area contributed by atoms with Crippen LogP contribution in [0.25, 0.3) is 0 Å². The standard InChI is InChI=1S/C15H29N3O/c1-10-7-11(2)12(3)18(9-10)13-5-4-6-15(17,8-13)14(16)19/h10-13H,4-9,17H2,1-3H3,(H2,16,19). The predicted octanol–water partition coefficient (Wildman–Crippen LogP) is 1.48. The molecule has 1 aliphatic heterocycles. The van der Waals surface area contributed by atoms with E-state index < -0.39 is 5.54 Å². The fourth-order valence-corrected chi connectivity index (χ4v) is 4.03. The number of carbonyl (C=O) groups excluding carboxylic acids is 1. The Morgan fingerprint density at radius 2 is 2.00 bits per heavy atom. The van der Waals surface area contributed by atoms with Gasteiger partial charge in [-0.3, -0.25) is 9.69 Å². The Kier molecular flexibility index (Phi) is 4.21. The van der Waals surface area contributed by atoms with Crippen LogP contribution in [0.3, 0.4) is 0 Å². The first-order valence-electron chi connectivity index (χ1n) is 7.68. The molecule has 0 radical (unpaired) electrons. The van der Waals surface area contributed by atoms with Crippen LogP contribution >= 0.6 is 0 Å². The molecule has 19 heavy (non-hydrogen) atoms. The molecule has 0 spiro atoms. The quantitative estimate of drug-likeness (QED) is 0.796. The average Bonchev–Trinajstić information content (AvgIpc) is 2.33. The van der Waals surface area contributed by atoms with E-state index in [-0.39, 0.29) is 5.91 Å². The van der Waals surface area contributed by atoms with Gasteiger partial charge >= 0.3 is 0 Å². The maximum absolute atomic E-state index is 11.6. The number of nitrogens with two attached hydrogens (primary N) is 2. The minimum Gasteiger partial charge on any atom is -0.368 e. The van der Waals surface area contributed by atoms with Crippen LogP contribution in [0.4, 0.5) is 0 Å². The van der Waals surface area contributed by atoms with E-state index in [2.05, 4.69) is 25.7 Å². The van der Waals surface area contributed by atoms with Crippen molar-refractivity contribution in [2.45, 2.75) is 70.5 Å². The minimum absolute atomic E-state index is 0.331. The Bertz CT molecular complexity index is 346. The Morgan fingerprint density at radius 1 is 1.32 bits per heavy atom. The third-order valence-electron chi connectivity index (χ3n) is 5.36.